The molecular formula is C9H8N4O2. The van der Waals surface area contributed by atoms with Crippen molar-refractivity contribution < 1.29 is 9.90 Å². The van der Waals surface area contributed by atoms with Gasteiger partial charge in [-0.05, 0) is 0 Å². The molecule has 0 radical (unpaired) electrons. The highest BCUT2D eigenvalue weighted by atomic mass is 16.4. The van der Waals surface area contributed by atoms with Crippen molar-refractivity contribution in [1.29, 1.82) is 0 Å². The Morgan fingerprint density at radius 3 is 2.73 bits per heavy atom. The molecule has 2 heterocycles. The topological polar surface area (TPSA) is 80.9 Å². The molecule has 0 spiro atoms. The summed E-state index contributed by atoms with van der Waals surface area (Å²) in [5.74, 6) is -1.01. The first-order chi connectivity index (χ1) is 7.18. The number of aromatic nitrogens is 4. The Hall–Kier alpha value is -2.24. The van der Waals surface area contributed by atoms with Gasteiger partial charge < -0.3 is 5.11 Å². The Morgan fingerprint density at radius 2 is 2.20 bits per heavy atom. The van der Waals surface area contributed by atoms with Crippen LogP contribution in [0.1, 0.15) is 10.5 Å². The summed E-state index contributed by atoms with van der Waals surface area (Å²) in [6.07, 6.45) is 4.61. The molecule has 6 heteroatoms. The molecule has 0 aliphatic carbocycles. The van der Waals surface area contributed by atoms with E-state index in [1.165, 1.54) is 23.1 Å². The molecule has 2 rings (SSSR count). The molecule has 0 bridgehead atoms. The van der Waals surface area contributed by atoms with Gasteiger partial charge in [0.1, 0.15) is 17.1 Å². The van der Waals surface area contributed by atoms with Gasteiger partial charge in [0.15, 0.2) is 0 Å². The summed E-state index contributed by atoms with van der Waals surface area (Å²) in [4.78, 5) is 18.7. The minimum Gasteiger partial charge on any atom is -0.477 e. The van der Waals surface area contributed by atoms with E-state index in [0.717, 1.165) is 0 Å². The van der Waals surface area contributed by atoms with Crippen LogP contribution in [0.3, 0.4) is 0 Å². The maximum absolute atomic E-state index is 10.8. The van der Waals surface area contributed by atoms with Crippen molar-refractivity contribution in [3.63, 3.8) is 0 Å². The second-order valence-electron chi connectivity index (χ2n) is 2.93. The summed E-state index contributed by atoms with van der Waals surface area (Å²) in [6, 6.07) is 1.46. The van der Waals surface area contributed by atoms with Gasteiger partial charge in [0.05, 0.1) is 6.20 Å². The largest absolute Gasteiger partial charge is 0.477 e. The predicted octanol–water partition coefficient (Wildman–Crippen LogP) is 0.575. The van der Waals surface area contributed by atoms with Crippen LogP contribution in [0.2, 0.25) is 0 Å². The van der Waals surface area contributed by atoms with Crippen molar-refractivity contribution in [2.75, 3.05) is 0 Å². The molecule has 0 fully saturated rings. The van der Waals surface area contributed by atoms with E-state index in [-0.39, 0.29) is 5.69 Å². The van der Waals surface area contributed by atoms with Gasteiger partial charge in [0, 0.05) is 25.5 Å². The minimum absolute atomic E-state index is 0.121. The van der Waals surface area contributed by atoms with Crippen LogP contribution < -0.4 is 0 Å². The van der Waals surface area contributed by atoms with Gasteiger partial charge in [-0.25, -0.2) is 4.79 Å². The van der Waals surface area contributed by atoms with Crippen LogP contribution in [0.4, 0.5) is 0 Å². The lowest BCUT2D eigenvalue weighted by Gasteiger charge is -1.92. The second-order valence-corrected chi connectivity index (χ2v) is 2.93. The summed E-state index contributed by atoms with van der Waals surface area (Å²) >= 11 is 0. The van der Waals surface area contributed by atoms with E-state index < -0.39 is 5.97 Å². The predicted molar refractivity (Wildman–Crippen MR) is 51.2 cm³/mol. The quantitative estimate of drug-likeness (QED) is 0.773. The van der Waals surface area contributed by atoms with Crippen molar-refractivity contribution in [2.24, 2.45) is 7.05 Å². The molecule has 0 unspecified atom stereocenters. The number of hydrogen-bond donors (Lipinski definition) is 1. The monoisotopic (exact) mass is 204 g/mol. The molecule has 2 aromatic rings. The van der Waals surface area contributed by atoms with E-state index in [4.69, 9.17) is 5.11 Å². The number of aromatic carboxylic acids is 1. The molecule has 0 aliphatic heterocycles. The Kier molecular flexibility index (Phi) is 2.17. The number of rotatable bonds is 2. The number of carbonyl (C=O) groups is 1. The van der Waals surface area contributed by atoms with Crippen LogP contribution in [0.5, 0.6) is 0 Å². The first kappa shape index (κ1) is 9.32. The maximum Gasteiger partial charge on any atom is 0.354 e. The van der Waals surface area contributed by atoms with E-state index in [1.807, 2.05) is 0 Å². The number of nitrogens with zero attached hydrogens (tertiary/aromatic N) is 4. The summed E-state index contributed by atoms with van der Waals surface area (Å²) < 4.78 is 1.30. The molecule has 1 N–H and O–H groups in total. The van der Waals surface area contributed by atoms with Crippen LogP contribution >= 0.6 is 0 Å². The highest BCUT2D eigenvalue weighted by Gasteiger charge is 2.13. The van der Waals surface area contributed by atoms with Gasteiger partial charge >= 0.3 is 5.97 Å². The van der Waals surface area contributed by atoms with E-state index in [1.54, 1.807) is 13.2 Å². The standard InChI is InChI=1S/C9H8N4O2/c1-13-8(9(14)15)4-6(12-13)7-5-10-2-3-11-7/h2-5H,1H3,(H,14,15). The molecule has 6 nitrogen and oxygen atoms in total. The van der Waals surface area contributed by atoms with Crippen molar-refractivity contribution in [3.8, 4) is 11.4 Å². The first-order valence-corrected chi connectivity index (χ1v) is 4.22. The molecule has 76 valence electrons. The number of hydrogen-bond acceptors (Lipinski definition) is 4. The molecule has 0 saturated carbocycles. The average Bonchev–Trinajstić information content (AvgIpc) is 2.62. The second kappa shape index (κ2) is 3.49. The van der Waals surface area contributed by atoms with Crippen molar-refractivity contribution >= 4 is 5.97 Å². The number of carboxylic acid groups (broad SMARTS) is 1. The summed E-state index contributed by atoms with van der Waals surface area (Å²) in [5, 5.41) is 12.9. The zero-order valence-electron chi connectivity index (χ0n) is 7.95. The van der Waals surface area contributed by atoms with Crippen molar-refractivity contribution in [3.05, 3.63) is 30.4 Å². The van der Waals surface area contributed by atoms with E-state index in [0.29, 0.717) is 11.4 Å². The zero-order chi connectivity index (χ0) is 10.8. The van der Waals surface area contributed by atoms with E-state index in [2.05, 4.69) is 15.1 Å². The Labute approximate surface area is 85.2 Å². The number of carboxylic acids is 1. The third-order valence-corrected chi connectivity index (χ3v) is 1.92. The Bertz CT molecular complexity index is 492. The van der Waals surface area contributed by atoms with Gasteiger partial charge in [-0.1, -0.05) is 0 Å². The highest BCUT2D eigenvalue weighted by molar-refractivity contribution is 5.87. The van der Waals surface area contributed by atoms with Crippen LogP contribution in [-0.4, -0.2) is 30.8 Å². The van der Waals surface area contributed by atoms with Gasteiger partial charge in [-0.15, -0.1) is 0 Å². The molecule has 0 aromatic carbocycles. The van der Waals surface area contributed by atoms with Crippen LogP contribution in [0.25, 0.3) is 11.4 Å². The third kappa shape index (κ3) is 1.69. The average molecular weight is 204 g/mol. The summed E-state index contributed by atoms with van der Waals surface area (Å²) in [6.45, 7) is 0. The molecule has 15 heavy (non-hydrogen) atoms. The SMILES string of the molecule is Cn1nc(-c2cnccn2)cc1C(=O)O. The molecule has 0 saturated heterocycles. The number of aryl methyl sites for hydroxylation is 1. The fourth-order valence-corrected chi connectivity index (χ4v) is 1.22. The van der Waals surface area contributed by atoms with Crippen molar-refractivity contribution in [1.82, 2.24) is 19.7 Å². The van der Waals surface area contributed by atoms with Crippen LogP contribution in [0.15, 0.2) is 24.7 Å². The Morgan fingerprint density at radius 1 is 1.40 bits per heavy atom. The lowest BCUT2D eigenvalue weighted by molar-refractivity contribution is 0.0685. The Balaban J connectivity index is 2.48. The van der Waals surface area contributed by atoms with Crippen molar-refractivity contribution in [2.45, 2.75) is 0 Å². The van der Waals surface area contributed by atoms with Gasteiger partial charge in [-0.2, -0.15) is 5.10 Å². The zero-order valence-corrected chi connectivity index (χ0v) is 7.95. The highest BCUT2D eigenvalue weighted by Crippen LogP contribution is 2.14. The summed E-state index contributed by atoms with van der Waals surface area (Å²) in [5.41, 5.74) is 1.18. The van der Waals surface area contributed by atoms with Gasteiger partial charge in [0.25, 0.3) is 0 Å². The molecular weight excluding hydrogens is 196 g/mol. The van der Waals surface area contributed by atoms with E-state index >= 15 is 0 Å². The maximum atomic E-state index is 10.8. The lowest BCUT2D eigenvalue weighted by atomic mass is 10.3. The van der Waals surface area contributed by atoms with Gasteiger partial charge in [-0.3, -0.25) is 14.6 Å². The van der Waals surface area contributed by atoms with E-state index in [9.17, 15) is 4.79 Å². The fourth-order valence-electron chi connectivity index (χ4n) is 1.22. The third-order valence-electron chi connectivity index (χ3n) is 1.92. The first-order valence-electron chi connectivity index (χ1n) is 4.22. The lowest BCUT2D eigenvalue weighted by Crippen LogP contribution is -2.04. The molecule has 0 aliphatic rings. The normalized spacial score (nSPS) is 10.2. The fraction of sp³-hybridized carbons (Fsp3) is 0.111. The minimum atomic E-state index is -1.01. The molecule has 0 amide bonds. The van der Waals surface area contributed by atoms with Crippen LogP contribution in [0, 0.1) is 0 Å². The van der Waals surface area contributed by atoms with Gasteiger partial charge in [0.2, 0.25) is 0 Å². The summed E-state index contributed by atoms with van der Waals surface area (Å²) in [7, 11) is 1.57. The molecule has 0 atom stereocenters. The molecule has 2 aromatic heterocycles. The smallest absolute Gasteiger partial charge is 0.354 e. The van der Waals surface area contributed by atoms with Crippen LogP contribution in [-0.2, 0) is 7.05 Å².